The summed E-state index contributed by atoms with van der Waals surface area (Å²) in [5.41, 5.74) is -0.919. The van der Waals surface area contributed by atoms with Crippen molar-refractivity contribution in [1.82, 2.24) is 0 Å². The molecule has 1 aromatic rings. The summed E-state index contributed by atoms with van der Waals surface area (Å²) in [5.74, 6) is -1.22. The normalized spacial score (nSPS) is 18.3. The third kappa shape index (κ3) is 1.32. The van der Waals surface area contributed by atoms with Crippen LogP contribution in [0.15, 0.2) is 12.1 Å². The van der Waals surface area contributed by atoms with Crippen LogP contribution >= 0.6 is 0 Å². The molecule has 14 heavy (non-hydrogen) atoms. The van der Waals surface area contributed by atoms with Gasteiger partial charge in [0.1, 0.15) is 11.6 Å². The van der Waals surface area contributed by atoms with Crippen molar-refractivity contribution in [2.45, 2.75) is 31.8 Å². The molecule has 1 saturated carbocycles. The Morgan fingerprint density at radius 2 is 2.00 bits per heavy atom. The van der Waals surface area contributed by atoms with Crippen LogP contribution in [0.1, 0.15) is 30.9 Å². The lowest BCUT2D eigenvalue weighted by Gasteiger charge is -2.12. The fourth-order valence-corrected chi connectivity index (χ4v) is 1.66. The molecule has 0 saturated heterocycles. The van der Waals surface area contributed by atoms with E-state index in [9.17, 15) is 13.9 Å². The second kappa shape index (κ2) is 3.02. The fourth-order valence-electron chi connectivity index (χ4n) is 1.66. The zero-order chi connectivity index (χ0) is 10.3. The molecule has 0 amide bonds. The van der Waals surface area contributed by atoms with Gasteiger partial charge in [-0.25, -0.2) is 8.78 Å². The van der Waals surface area contributed by atoms with Gasteiger partial charge in [0, 0.05) is 0 Å². The number of benzene rings is 1. The summed E-state index contributed by atoms with van der Waals surface area (Å²) < 4.78 is 27.0. The van der Waals surface area contributed by atoms with E-state index in [0.717, 1.165) is 0 Å². The highest BCUT2D eigenvalue weighted by Crippen LogP contribution is 2.47. The molecular formula is C11H12F2O. The summed E-state index contributed by atoms with van der Waals surface area (Å²) in [4.78, 5) is 0. The predicted molar refractivity (Wildman–Crippen MR) is 48.9 cm³/mol. The smallest absolute Gasteiger partial charge is 0.135 e. The molecule has 1 aromatic carbocycles. The standard InChI is InChI=1S/C11H12F2O/c1-2-7-3-4-8(12)9(10(7)13)11(14)5-6-11/h3-4,14H,2,5-6H2,1H3. The second-order valence-corrected chi connectivity index (χ2v) is 3.78. The summed E-state index contributed by atoms with van der Waals surface area (Å²) in [7, 11) is 0. The maximum Gasteiger partial charge on any atom is 0.135 e. The first kappa shape index (κ1) is 9.59. The van der Waals surface area contributed by atoms with Gasteiger partial charge >= 0.3 is 0 Å². The summed E-state index contributed by atoms with van der Waals surface area (Å²) in [6.07, 6.45) is 1.41. The van der Waals surface area contributed by atoms with Crippen molar-refractivity contribution in [2.24, 2.45) is 0 Å². The Morgan fingerprint density at radius 3 is 2.50 bits per heavy atom. The van der Waals surface area contributed by atoms with E-state index in [4.69, 9.17) is 0 Å². The molecule has 1 nitrogen and oxygen atoms in total. The largest absolute Gasteiger partial charge is 0.385 e. The Morgan fingerprint density at radius 1 is 1.36 bits per heavy atom. The van der Waals surface area contributed by atoms with E-state index < -0.39 is 17.2 Å². The number of halogens is 2. The average molecular weight is 198 g/mol. The van der Waals surface area contributed by atoms with E-state index in [0.29, 0.717) is 24.8 Å². The van der Waals surface area contributed by atoms with Crippen molar-refractivity contribution in [1.29, 1.82) is 0 Å². The van der Waals surface area contributed by atoms with Crippen LogP contribution in [0.3, 0.4) is 0 Å². The number of aryl methyl sites for hydroxylation is 1. The molecule has 0 atom stereocenters. The van der Waals surface area contributed by atoms with Crippen molar-refractivity contribution >= 4 is 0 Å². The molecule has 1 N–H and O–H groups in total. The molecule has 76 valence electrons. The van der Waals surface area contributed by atoms with Gasteiger partial charge in [0.05, 0.1) is 11.2 Å². The zero-order valence-corrected chi connectivity index (χ0v) is 7.98. The van der Waals surface area contributed by atoms with Crippen molar-refractivity contribution in [3.63, 3.8) is 0 Å². The van der Waals surface area contributed by atoms with Gasteiger partial charge in [-0.1, -0.05) is 13.0 Å². The minimum absolute atomic E-state index is 0.142. The van der Waals surface area contributed by atoms with Crippen LogP contribution in [-0.4, -0.2) is 5.11 Å². The lowest BCUT2D eigenvalue weighted by Crippen LogP contribution is -2.12. The molecule has 0 spiro atoms. The lowest BCUT2D eigenvalue weighted by atomic mass is 10.0. The molecule has 0 aliphatic heterocycles. The number of rotatable bonds is 2. The maximum absolute atomic E-state index is 13.7. The van der Waals surface area contributed by atoms with Crippen LogP contribution < -0.4 is 0 Å². The third-order valence-corrected chi connectivity index (χ3v) is 2.74. The van der Waals surface area contributed by atoms with Crippen LogP contribution in [0.4, 0.5) is 8.78 Å². The van der Waals surface area contributed by atoms with E-state index in [1.165, 1.54) is 12.1 Å². The SMILES string of the molecule is CCc1ccc(F)c(C2(O)CC2)c1F. The van der Waals surface area contributed by atoms with Gasteiger partial charge in [-0.05, 0) is 30.9 Å². The van der Waals surface area contributed by atoms with Crippen molar-refractivity contribution < 1.29 is 13.9 Å². The molecule has 0 heterocycles. The topological polar surface area (TPSA) is 20.2 Å². The summed E-state index contributed by atoms with van der Waals surface area (Å²) in [6.45, 7) is 1.80. The van der Waals surface area contributed by atoms with Crippen LogP contribution in [0.2, 0.25) is 0 Å². The number of hydrogen-bond acceptors (Lipinski definition) is 1. The molecule has 0 aromatic heterocycles. The van der Waals surface area contributed by atoms with E-state index in [1.54, 1.807) is 6.92 Å². The van der Waals surface area contributed by atoms with E-state index in [-0.39, 0.29) is 5.56 Å². The third-order valence-electron chi connectivity index (χ3n) is 2.74. The van der Waals surface area contributed by atoms with Crippen molar-refractivity contribution in [2.75, 3.05) is 0 Å². The van der Waals surface area contributed by atoms with Gasteiger partial charge in [-0.2, -0.15) is 0 Å². The van der Waals surface area contributed by atoms with Crippen LogP contribution in [0, 0.1) is 11.6 Å². The van der Waals surface area contributed by atoms with Crippen LogP contribution in [0.5, 0.6) is 0 Å². The average Bonchev–Trinajstić information content (AvgIpc) is 2.85. The maximum atomic E-state index is 13.7. The molecule has 1 aliphatic carbocycles. The van der Waals surface area contributed by atoms with Gasteiger partial charge in [0.2, 0.25) is 0 Å². The fraction of sp³-hybridized carbons (Fsp3) is 0.455. The molecule has 1 aliphatic rings. The zero-order valence-electron chi connectivity index (χ0n) is 7.98. The minimum Gasteiger partial charge on any atom is -0.385 e. The van der Waals surface area contributed by atoms with Gasteiger partial charge in [0.25, 0.3) is 0 Å². The molecule has 0 radical (unpaired) electrons. The first-order chi connectivity index (χ1) is 6.58. The van der Waals surface area contributed by atoms with Gasteiger partial charge in [-0.3, -0.25) is 0 Å². The van der Waals surface area contributed by atoms with Crippen LogP contribution in [-0.2, 0) is 12.0 Å². The molecular weight excluding hydrogens is 186 g/mol. The van der Waals surface area contributed by atoms with E-state index >= 15 is 0 Å². The summed E-state index contributed by atoms with van der Waals surface area (Å²) in [5, 5.41) is 9.70. The Kier molecular flexibility index (Phi) is 2.07. The lowest BCUT2D eigenvalue weighted by molar-refractivity contribution is 0.141. The first-order valence-corrected chi connectivity index (χ1v) is 4.78. The number of aliphatic hydroxyl groups is 1. The highest BCUT2D eigenvalue weighted by molar-refractivity contribution is 5.35. The predicted octanol–water partition coefficient (Wildman–Crippen LogP) is 2.51. The molecule has 1 fully saturated rings. The monoisotopic (exact) mass is 198 g/mol. The van der Waals surface area contributed by atoms with E-state index in [1.807, 2.05) is 0 Å². The summed E-state index contributed by atoms with van der Waals surface area (Å²) >= 11 is 0. The van der Waals surface area contributed by atoms with Gasteiger partial charge < -0.3 is 5.11 Å². The van der Waals surface area contributed by atoms with Crippen LogP contribution in [0.25, 0.3) is 0 Å². The van der Waals surface area contributed by atoms with E-state index in [2.05, 4.69) is 0 Å². The molecule has 0 bridgehead atoms. The van der Waals surface area contributed by atoms with Gasteiger partial charge in [-0.15, -0.1) is 0 Å². The van der Waals surface area contributed by atoms with Crippen molar-refractivity contribution in [3.8, 4) is 0 Å². The first-order valence-electron chi connectivity index (χ1n) is 4.78. The quantitative estimate of drug-likeness (QED) is 0.774. The Balaban J connectivity index is 2.56. The van der Waals surface area contributed by atoms with Gasteiger partial charge in [0.15, 0.2) is 0 Å². The Hall–Kier alpha value is -0.960. The Labute approximate surface area is 81.4 Å². The minimum atomic E-state index is -1.24. The highest BCUT2D eigenvalue weighted by Gasteiger charge is 2.46. The van der Waals surface area contributed by atoms with Crippen molar-refractivity contribution in [3.05, 3.63) is 34.9 Å². The Bertz CT molecular complexity index is 370. The second-order valence-electron chi connectivity index (χ2n) is 3.78. The molecule has 2 rings (SSSR count). The highest BCUT2D eigenvalue weighted by atomic mass is 19.1. The number of hydrogen-bond donors (Lipinski definition) is 1. The molecule has 0 unspecified atom stereocenters. The molecule has 3 heteroatoms. The summed E-state index contributed by atoms with van der Waals surface area (Å²) in [6, 6.07) is 2.66.